The van der Waals surface area contributed by atoms with E-state index in [1.165, 1.54) is 29.7 Å². The van der Waals surface area contributed by atoms with Crippen LogP contribution in [0, 0.1) is 0 Å². The zero-order valence-corrected chi connectivity index (χ0v) is 16.6. The van der Waals surface area contributed by atoms with Crippen molar-refractivity contribution in [1.82, 2.24) is 4.90 Å². The monoisotopic (exact) mass is 411 g/mol. The third-order valence-electron chi connectivity index (χ3n) is 5.45. The molecule has 4 rings (SSSR count). The van der Waals surface area contributed by atoms with E-state index in [4.69, 9.17) is 20.4 Å². The molecule has 0 saturated carbocycles. The Kier molecular flexibility index (Phi) is 6.66. The number of fused-ring (bicyclic) bond motifs is 2. The Morgan fingerprint density at radius 3 is 2.10 bits per heavy atom. The van der Waals surface area contributed by atoms with Gasteiger partial charge in [-0.1, -0.05) is 54.6 Å². The van der Waals surface area contributed by atoms with Crippen LogP contribution in [-0.2, 0) is 9.59 Å². The SMILES string of the molecule is CN1CCC2=C(C1)C(c1ccccc1)c1ccccc12.O=C(O)C(O)C(O)C(=O)O. The van der Waals surface area contributed by atoms with E-state index in [1.54, 1.807) is 11.1 Å². The summed E-state index contributed by atoms with van der Waals surface area (Å²) in [5, 5.41) is 32.5. The van der Waals surface area contributed by atoms with E-state index in [0.717, 1.165) is 6.54 Å². The number of carboxylic acid groups (broad SMARTS) is 2. The van der Waals surface area contributed by atoms with Crippen molar-refractivity contribution in [3.63, 3.8) is 0 Å². The summed E-state index contributed by atoms with van der Waals surface area (Å²) in [6.07, 6.45) is -3.35. The van der Waals surface area contributed by atoms with E-state index in [1.807, 2.05) is 0 Å². The first-order valence-electron chi connectivity index (χ1n) is 9.67. The van der Waals surface area contributed by atoms with Crippen LogP contribution in [0.2, 0.25) is 0 Å². The molecule has 4 N–H and O–H groups in total. The number of nitrogens with zero attached hydrogens (tertiary/aromatic N) is 1. The maximum absolute atomic E-state index is 9.77. The average Bonchev–Trinajstić information content (AvgIpc) is 3.07. The van der Waals surface area contributed by atoms with Crippen molar-refractivity contribution < 1.29 is 30.0 Å². The van der Waals surface area contributed by atoms with Gasteiger partial charge in [-0.25, -0.2) is 9.59 Å². The number of carbonyl (C=O) groups is 2. The summed E-state index contributed by atoms with van der Waals surface area (Å²) in [4.78, 5) is 22.0. The second-order valence-corrected chi connectivity index (χ2v) is 7.49. The predicted molar refractivity (Wildman–Crippen MR) is 111 cm³/mol. The smallest absolute Gasteiger partial charge is 0.335 e. The lowest BCUT2D eigenvalue weighted by Crippen LogP contribution is -2.39. The normalized spacial score (nSPS) is 19.8. The number of likely N-dealkylation sites (N-methyl/N-ethyl adjacent to an activating group) is 1. The molecule has 2 aromatic carbocycles. The summed E-state index contributed by atoms with van der Waals surface area (Å²) in [6.45, 7) is 2.28. The van der Waals surface area contributed by atoms with E-state index in [-0.39, 0.29) is 0 Å². The molecule has 3 atom stereocenters. The predicted octanol–water partition coefficient (Wildman–Crippen LogP) is 1.80. The Labute approximate surface area is 174 Å². The first-order chi connectivity index (χ1) is 14.3. The van der Waals surface area contributed by atoms with Crippen LogP contribution >= 0.6 is 0 Å². The van der Waals surface area contributed by atoms with Gasteiger partial charge in [-0.15, -0.1) is 0 Å². The molecular formula is C23H25NO6. The number of aliphatic carboxylic acids is 2. The molecule has 3 unspecified atom stereocenters. The van der Waals surface area contributed by atoms with Crippen LogP contribution in [0.4, 0.5) is 0 Å². The number of benzene rings is 2. The summed E-state index contributed by atoms with van der Waals surface area (Å²) in [6, 6.07) is 19.9. The summed E-state index contributed by atoms with van der Waals surface area (Å²) in [5.41, 5.74) is 7.64. The molecule has 1 heterocycles. The number of carboxylic acids is 2. The van der Waals surface area contributed by atoms with E-state index < -0.39 is 24.1 Å². The summed E-state index contributed by atoms with van der Waals surface area (Å²) in [5.74, 6) is -3.07. The van der Waals surface area contributed by atoms with Crippen LogP contribution in [0.1, 0.15) is 29.0 Å². The van der Waals surface area contributed by atoms with E-state index in [2.05, 4.69) is 66.5 Å². The van der Waals surface area contributed by atoms with Gasteiger partial charge in [0.2, 0.25) is 0 Å². The fraction of sp³-hybridized carbons (Fsp3) is 0.304. The highest BCUT2D eigenvalue weighted by Gasteiger charge is 2.34. The minimum absolute atomic E-state index is 0.463. The van der Waals surface area contributed by atoms with Crippen LogP contribution in [0.15, 0.2) is 60.2 Å². The lowest BCUT2D eigenvalue weighted by Gasteiger charge is -2.27. The third-order valence-corrected chi connectivity index (χ3v) is 5.45. The zero-order chi connectivity index (χ0) is 21.8. The van der Waals surface area contributed by atoms with Gasteiger partial charge in [0, 0.05) is 19.0 Å². The van der Waals surface area contributed by atoms with Crippen molar-refractivity contribution >= 4 is 17.5 Å². The summed E-state index contributed by atoms with van der Waals surface area (Å²) < 4.78 is 0. The van der Waals surface area contributed by atoms with Gasteiger partial charge in [0.05, 0.1) is 0 Å². The van der Waals surface area contributed by atoms with Crippen LogP contribution in [-0.4, -0.2) is 69.6 Å². The van der Waals surface area contributed by atoms with Gasteiger partial charge in [-0.05, 0) is 41.3 Å². The molecule has 7 heteroatoms. The Balaban J connectivity index is 0.000000220. The van der Waals surface area contributed by atoms with Crippen molar-refractivity contribution in [3.8, 4) is 0 Å². The molecule has 7 nitrogen and oxygen atoms in total. The van der Waals surface area contributed by atoms with E-state index in [0.29, 0.717) is 5.92 Å². The van der Waals surface area contributed by atoms with Crippen LogP contribution in [0.5, 0.6) is 0 Å². The number of hydrogen-bond acceptors (Lipinski definition) is 5. The molecule has 0 amide bonds. The molecule has 1 aliphatic carbocycles. The number of aliphatic hydroxyl groups excluding tert-OH is 2. The number of hydrogen-bond donors (Lipinski definition) is 4. The van der Waals surface area contributed by atoms with Crippen LogP contribution in [0.3, 0.4) is 0 Å². The fourth-order valence-corrected chi connectivity index (χ4v) is 4.01. The quantitative estimate of drug-likeness (QED) is 0.606. The molecule has 0 bridgehead atoms. The second-order valence-electron chi connectivity index (χ2n) is 7.49. The van der Waals surface area contributed by atoms with Gasteiger partial charge in [0.25, 0.3) is 0 Å². The highest BCUT2D eigenvalue weighted by atomic mass is 16.4. The molecule has 1 aliphatic heterocycles. The molecule has 0 saturated heterocycles. The molecule has 0 radical (unpaired) electrons. The lowest BCUT2D eigenvalue weighted by molar-refractivity contribution is -0.165. The molecule has 0 spiro atoms. The topological polar surface area (TPSA) is 118 Å². The minimum atomic E-state index is -2.27. The molecule has 2 aliphatic rings. The fourth-order valence-electron chi connectivity index (χ4n) is 4.01. The van der Waals surface area contributed by atoms with Gasteiger partial charge < -0.3 is 25.3 Å². The molecule has 158 valence electrons. The first kappa shape index (κ1) is 21.7. The maximum Gasteiger partial charge on any atom is 0.335 e. The Bertz CT molecular complexity index is 937. The number of aliphatic hydroxyl groups is 2. The van der Waals surface area contributed by atoms with Gasteiger partial charge in [0.15, 0.2) is 12.2 Å². The molecule has 0 fully saturated rings. The largest absolute Gasteiger partial charge is 0.479 e. The highest BCUT2D eigenvalue weighted by Crippen LogP contribution is 2.48. The maximum atomic E-state index is 9.77. The number of rotatable bonds is 4. The second kappa shape index (κ2) is 9.21. The van der Waals surface area contributed by atoms with Gasteiger partial charge >= 0.3 is 11.9 Å². The minimum Gasteiger partial charge on any atom is -0.479 e. The van der Waals surface area contributed by atoms with Crippen molar-refractivity contribution in [3.05, 3.63) is 76.9 Å². The van der Waals surface area contributed by atoms with E-state index >= 15 is 0 Å². The van der Waals surface area contributed by atoms with Crippen LogP contribution < -0.4 is 0 Å². The van der Waals surface area contributed by atoms with Crippen molar-refractivity contribution in [1.29, 1.82) is 0 Å². The van der Waals surface area contributed by atoms with Gasteiger partial charge in [0.1, 0.15) is 0 Å². The summed E-state index contributed by atoms with van der Waals surface area (Å²) in [7, 11) is 2.23. The highest BCUT2D eigenvalue weighted by molar-refractivity contribution is 5.83. The van der Waals surface area contributed by atoms with Gasteiger partial charge in [-0.3, -0.25) is 0 Å². The standard InChI is InChI=1S/C19H19N.C4H6O6/c1-20-12-11-16-15-9-5-6-10-17(15)19(18(16)13-20)14-7-3-2-4-8-14;5-1(3(7)8)2(6)4(9)10/h2-10,19H,11-13H2,1H3;1-2,5-6H,(H,7,8)(H,9,10). The van der Waals surface area contributed by atoms with Crippen molar-refractivity contribution in [2.24, 2.45) is 0 Å². The zero-order valence-electron chi connectivity index (χ0n) is 16.6. The Hall–Kier alpha value is -3.00. The van der Waals surface area contributed by atoms with Crippen LogP contribution in [0.25, 0.3) is 5.57 Å². The molecule has 0 aromatic heterocycles. The van der Waals surface area contributed by atoms with Crippen molar-refractivity contribution in [2.75, 3.05) is 20.1 Å². The molecule has 2 aromatic rings. The Morgan fingerprint density at radius 2 is 1.50 bits per heavy atom. The third kappa shape index (κ3) is 4.43. The lowest BCUT2D eigenvalue weighted by atomic mass is 9.87. The van der Waals surface area contributed by atoms with E-state index in [9.17, 15) is 9.59 Å². The molecule has 30 heavy (non-hydrogen) atoms. The van der Waals surface area contributed by atoms with Crippen molar-refractivity contribution in [2.45, 2.75) is 24.5 Å². The molecular weight excluding hydrogens is 386 g/mol. The summed E-state index contributed by atoms with van der Waals surface area (Å²) >= 11 is 0. The first-order valence-corrected chi connectivity index (χ1v) is 9.67. The average molecular weight is 411 g/mol. The van der Waals surface area contributed by atoms with Gasteiger partial charge in [-0.2, -0.15) is 0 Å². The Morgan fingerprint density at radius 1 is 0.933 bits per heavy atom.